The number of aliphatic hydroxyl groups is 1. The van der Waals surface area contributed by atoms with E-state index in [2.05, 4.69) is 20.9 Å². The molecule has 2 saturated heterocycles. The number of aryl methyl sites for hydroxylation is 1. The number of hydrogen-bond donors (Lipinski definition) is 4. The highest BCUT2D eigenvalue weighted by molar-refractivity contribution is 7.13. The molecule has 206 valence electrons. The van der Waals surface area contributed by atoms with E-state index < -0.39 is 29.6 Å². The molecule has 4 unspecified atom stereocenters. The molecule has 4 N–H and O–H groups in total. The molecule has 1 aromatic carbocycles. The lowest BCUT2D eigenvalue weighted by Gasteiger charge is -2.36. The minimum atomic E-state index is -0.873. The monoisotopic (exact) mass is 543 g/mol. The zero-order valence-corrected chi connectivity index (χ0v) is 23.1. The largest absolute Gasteiger partial charge is 0.391 e. The Labute approximate surface area is 227 Å². The Morgan fingerprint density at radius 1 is 1.24 bits per heavy atom. The molecule has 0 saturated carbocycles. The Morgan fingerprint density at radius 2 is 1.97 bits per heavy atom. The van der Waals surface area contributed by atoms with Gasteiger partial charge in [-0.3, -0.25) is 14.4 Å². The molecule has 1 aromatic heterocycles. The normalized spacial score (nSPS) is 22.7. The molecule has 2 aromatic rings. The van der Waals surface area contributed by atoms with Crippen LogP contribution in [0.3, 0.4) is 0 Å². The van der Waals surface area contributed by atoms with E-state index in [9.17, 15) is 19.5 Å². The van der Waals surface area contributed by atoms with E-state index in [1.165, 1.54) is 4.90 Å². The van der Waals surface area contributed by atoms with Crippen molar-refractivity contribution in [1.82, 2.24) is 25.8 Å². The number of β-amino-alcohol motifs (C(OH)–C–C–N with tert-alkyl or cyclic N) is 1. The zero-order valence-electron chi connectivity index (χ0n) is 22.3. The third-order valence-electron chi connectivity index (χ3n) is 6.93. The molecule has 2 fully saturated rings. The molecule has 0 aliphatic carbocycles. The summed E-state index contributed by atoms with van der Waals surface area (Å²) < 4.78 is 5.38. The molecule has 11 heteroatoms. The van der Waals surface area contributed by atoms with Gasteiger partial charge in [0.25, 0.3) is 0 Å². The lowest BCUT2D eigenvalue weighted by molar-refractivity contribution is -0.144. The number of aromatic nitrogens is 1. The van der Waals surface area contributed by atoms with Crippen LogP contribution < -0.4 is 16.0 Å². The fourth-order valence-electron chi connectivity index (χ4n) is 4.76. The van der Waals surface area contributed by atoms with Gasteiger partial charge in [-0.1, -0.05) is 45.0 Å². The van der Waals surface area contributed by atoms with Gasteiger partial charge in [0.2, 0.25) is 17.7 Å². The second-order valence-electron chi connectivity index (χ2n) is 11.0. The van der Waals surface area contributed by atoms with E-state index in [1.54, 1.807) is 11.3 Å². The van der Waals surface area contributed by atoms with Gasteiger partial charge in [-0.15, -0.1) is 11.3 Å². The van der Waals surface area contributed by atoms with Crippen LogP contribution in [0, 0.1) is 12.3 Å². The van der Waals surface area contributed by atoms with Crippen LogP contribution in [-0.2, 0) is 25.7 Å². The molecule has 10 nitrogen and oxygen atoms in total. The van der Waals surface area contributed by atoms with E-state index in [4.69, 9.17) is 4.74 Å². The summed E-state index contributed by atoms with van der Waals surface area (Å²) in [7, 11) is 0. The SMILES string of the molecule is Cc1ncsc1-c1ccc(CNC(=O)C2CC(O)CN2C(=O)C(NC(=O)C2COCCN2)C(C)(C)C)cc1. The molecule has 4 atom stereocenters. The van der Waals surface area contributed by atoms with Crippen molar-refractivity contribution in [2.75, 3.05) is 26.3 Å². The van der Waals surface area contributed by atoms with Gasteiger partial charge in [-0.25, -0.2) is 4.98 Å². The Hall–Kier alpha value is -2.86. The maximum Gasteiger partial charge on any atom is 0.246 e. The number of nitrogens with zero attached hydrogens (tertiary/aromatic N) is 2. The van der Waals surface area contributed by atoms with E-state index in [1.807, 2.05) is 57.5 Å². The number of amides is 3. The van der Waals surface area contributed by atoms with Gasteiger partial charge in [-0.05, 0) is 23.5 Å². The van der Waals surface area contributed by atoms with Gasteiger partial charge in [0.1, 0.15) is 18.1 Å². The van der Waals surface area contributed by atoms with Crippen molar-refractivity contribution in [3.63, 3.8) is 0 Å². The fourth-order valence-corrected chi connectivity index (χ4v) is 5.57. The van der Waals surface area contributed by atoms with Crippen molar-refractivity contribution in [3.05, 3.63) is 41.0 Å². The van der Waals surface area contributed by atoms with E-state index in [0.717, 1.165) is 21.7 Å². The highest BCUT2D eigenvalue weighted by Crippen LogP contribution is 2.28. The Morgan fingerprint density at radius 3 is 2.58 bits per heavy atom. The van der Waals surface area contributed by atoms with Gasteiger partial charge in [0, 0.05) is 26.1 Å². The topological polar surface area (TPSA) is 133 Å². The first-order valence-corrected chi connectivity index (χ1v) is 13.8. The standard InChI is InChI=1S/C27H37N5O5S/c1-16-22(38-15-30-16)18-7-5-17(6-8-18)12-29-25(35)21-11-19(33)13-32(21)26(36)23(27(2,3)4)31-24(34)20-14-37-10-9-28-20/h5-8,15,19-21,23,28,33H,9-14H2,1-4H3,(H,29,35)(H,31,34). The summed E-state index contributed by atoms with van der Waals surface area (Å²) in [5.41, 5.74) is 4.17. The second kappa shape index (κ2) is 11.9. The predicted molar refractivity (Wildman–Crippen MR) is 144 cm³/mol. The smallest absolute Gasteiger partial charge is 0.246 e. The number of aliphatic hydroxyl groups excluding tert-OH is 1. The lowest BCUT2D eigenvalue weighted by Crippen LogP contribution is -2.61. The number of carbonyl (C=O) groups excluding carboxylic acids is 3. The first-order valence-electron chi connectivity index (χ1n) is 12.9. The van der Waals surface area contributed by atoms with Crippen LogP contribution in [0.1, 0.15) is 38.4 Å². The van der Waals surface area contributed by atoms with Crippen molar-refractivity contribution in [3.8, 4) is 10.4 Å². The van der Waals surface area contributed by atoms with Gasteiger partial charge < -0.3 is 30.7 Å². The maximum absolute atomic E-state index is 13.7. The fraction of sp³-hybridized carbons (Fsp3) is 0.556. The molecule has 0 bridgehead atoms. The molecule has 0 radical (unpaired) electrons. The number of ether oxygens (including phenoxy) is 1. The second-order valence-corrected chi connectivity index (χ2v) is 11.8. The molecule has 2 aliphatic heterocycles. The third kappa shape index (κ3) is 6.58. The van der Waals surface area contributed by atoms with Crippen LogP contribution in [0.2, 0.25) is 0 Å². The number of carbonyl (C=O) groups is 3. The number of thiazole rings is 1. The maximum atomic E-state index is 13.7. The van der Waals surface area contributed by atoms with Crippen LogP contribution in [0.25, 0.3) is 10.4 Å². The Balaban J connectivity index is 1.41. The zero-order chi connectivity index (χ0) is 27.4. The third-order valence-corrected chi connectivity index (χ3v) is 7.91. The summed E-state index contributed by atoms with van der Waals surface area (Å²) in [6.07, 6.45) is -0.675. The number of morpholine rings is 1. The van der Waals surface area contributed by atoms with E-state index in [-0.39, 0.29) is 37.3 Å². The number of hydrogen-bond acceptors (Lipinski definition) is 8. The van der Waals surface area contributed by atoms with Gasteiger partial charge in [-0.2, -0.15) is 0 Å². The van der Waals surface area contributed by atoms with Crippen LogP contribution in [0.5, 0.6) is 0 Å². The first kappa shape index (κ1) is 28.2. The lowest BCUT2D eigenvalue weighted by atomic mass is 9.85. The van der Waals surface area contributed by atoms with Crippen molar-refractivity contribution in [1.29, 1.82) is 0 Å². The number of benzene rings is 1. The molecule has 3 amide bonds. The highest BCUT2D eigenvalue weighted by atomic mass is 32.1. The van der Waals surface area contributed by atoms with Gasteiger partial charge in [0.15, 0.2) is 0 Å². The van der Waals surface area contributed by atoms with Crippen LogP contribution in [0.4, 0.5) is 0 Å². The number of nitrogens with one attached hydrogen (secondary N) is 3. The molecular weight excluding hydrogens is 506 g/mol. The van der Waals surface area contributed by atoms with Crippen molar-refractivity contribution in [2.45, 2.75) is 64.9 Å². The summed E-state index contributed by atoms with van der Waals surface area (Å²) in [5.74, 6) is -1.04. The Kier molecular flexibility index (Phi) is 8.81. The summed E-state index contributed by atoms with van der Waals surface area (Å²) in [6.45, 7) is 9.20. The summed E-state index contributed by atoms with van der Waals surface area (Å²) in [6, 6.07) is 5.66. The first-order chi connectivity index (χ1) is 18.0. The molecular formula is C27H37N5O5S. The van der Waals surface area contributed by atoms with E-state index >= 15 is 0 Å². The Bertz CT molecular complexity index is 1140. The van der Waals surface area contributed by atoms with Crippen molar-refractivity contribution < 1.29 is 24.2 Å². The minimum Gasteiger partial charge on any atom is -0.391 e. The molecule has 2 aliphatic rings. The van der Waals surface area contributed by atoms with Crippen LogP contribution in [-0.4, -0.2) is 83.2 Å². The molecule has 38 heavy (non-hydrogen) atoms. The number of likely N-dealkylation sites (tertiary alicyclic amines) is 1. The van der Waals surface area contributed by atoms with Crippen molar-refractivity contribution in [2.24, 2.45) is 5.41 Å². The quantitative estimate of drug-likeness (QED) is 0.413. The highest BCUT2D eigenvalue weighted by Gasteiger charge is 2.45. The molecule has 0 spiro atoms. The van der Waals surface area contributed by atoms with Gasteiger partial charge in [0.05, 0.1) is 35.4 Å². The molecule has 4 rings (SSSR count). The summed E-state index contributed by atoms with van der Waals surface area (Å²) in [5, 5.41) is 19.3. The summed E-state index contributed by atoms with van der Waals surface area (Å²) >= 11 is 1.58. The summed E-state index contributed by atoms with van der Waals surface area (Å²) in [4.78, 5) is 46.5. The van der Waals surface area contributed by atoms with Gasteiger partial charge >= 0.3 is 0 Å². The van der Waals surface area contributed by atoms with Crippen LogP contribution in [0.15, 0.2) is 29.8 Å². The minimum absolute atomic E-state index is 0.0348. The average molecular weight is 544 g/mol. The van der Waals surface area contributed by atoms with E-state index in [0.29, 0.717) is 19.7 Å². The van der Waals surface area contributed by atoms with Crippen molar-refractivity contribution >= 4 is 29.1 Å². The molecule has 3 heterocycles. The van der Waals surface area contributed by atoms with Crippen LogP contribution >= 0.6 is 11.3 Å². The number of rotatable bonds is 7. The average Bonchev–Trinajstić information content (AvgIpc) is 3.50. The predicted octanol–water partition coefficient (Wildman–Crippen LogP) is 1.22.